The maximum Gasteiger partial charge on any atom is 0.340 e. The second kappa shape index (κ2) is 3.61. The molecule has 4 radical (unpaired) electrons. The van der Waals surface area contributed by atoms with Crippen molar-refractivity contribution in [1.29, 1.82) is 0 Å². The highest BCUT2D eigenvalue weighted by atomic mass is 35.6. The molecule has 0 unspecified atom stereocenters. The van der Waals surface area contributed by atoms with Crippen LogP contribution >= 0.6 is 11.1 Å². The van der Waals surface area contributed by atoms with E-state index in [4.69, 9.17) is 11.1 Å². The Balaban J connectivity index is 2.96. The van der Waals surface area contributed by atoms with Crippen LogP contribution in [-0.4, -0.2) is 18.8 Å². The average Bonchev–Trinajstić information content (AvgIpc) is 1.65. The molecule has 0 N–H and O–H groups in total. The van der Waals surface area contributed by atoms with Crippen molar-refractivity contribution in [1.82, 2.24) is 0 Å². The molecule has 0 fully saturated rings. The molecule has 0 saturated heterocycles. The summed E-state index contributed by atoms with van der Waals surface area (Å²) in [5.74, 6) is 0. The lowest BCUT2D eigenvalue weighted by Gasteiger charge is -1.89. The molecule has 0 heterocycles. The zero-order valence-corrected chi connectivity index (χ0v) is 5.83. The van der Waals surface area contributed by atoms with E-state index in [-0.39, 0.29) is 0 Å². The van der Waals surface area contributed by atoms with Crippen molar-refractivity contribution in [3.8, 4) is 0 Å². The normalized spacial score (nSPS) is 9.17. The monoisotopic (exact) mass is 134 g/mol. The van der Waals surface area contributed by atoms with E-state index < -0.39 is 8.35 Å². The number of rotatable bonds is 2. The van der Waals surface area contributed by atoms with E-state index in [2.05, 4.69) is 21.2 Å². The Bertz CT molecular complexity index is 48.8. The zero-order valence-electron chi connectivity index (χ0n) is 3.07. The van der Waals surface area contributed by atoms with Gasteiger partial charge in [-0.25, -0.2) is 0 Å². The first kappa shape index (κ1) is 6.42. The third kappa shape index (κ3) is 2.65. The lowest BCUT2D eigenvalue weighted by molar-refractivity contribution is 0.667. The zero-order chi connectivity index (χ0) is 4.99. The Kier molecular flexibility index (Phi) is 3.86. The largest absolute Gasteiger partial charge is 0.442 e. The molecule has 4 heteroatoms. The van der Waals surface area contributed by atoms with Gasteiger partial charge in [0.2, 0.25) is 10.5 Å². The minimum Gasteiger partial charge on any atom is -0.442 e. The van der Waals surface area contributed by atoms with E-state index in [0.717, 1.165) is 0 Å². The van der Waals surface area contributed by atoms with Crippen LogP contribution in [0.15, 0.2) is 12.3 Å². The van der Waals surface area contributed by atoms with Crippen LogP contribution in [0.2, 0.25) is 0 Å². The topological polar surface area (TPSA) is 9.23 Å². The average molecular weight is 135 g/mol. The minimum atomic E-state index is -1.22. The Morgan fingerprint density at radius 3 is 2.50 bits per heavy atom. The number of hydrogen-bond donors (Lipinski definition) is 0. The van der Waals surface area contributed by atoms with Gasteiger partial charge < -0.3 is 4.12 Å². The number of hydrogen-bond acceptors (Lipinski definition) is 1. The quantitative estimate of drug-likeness (QED) is 0.396. The van der Waals surface area contributed by atoms with Crippen molar-refractivity contribution >= 4 is 29.9 Å². The molecular weight excluding hydrogens is 132 g/mol. The maximum absolute atomic E-state index is 5.36. The molecule has 0 spiro atoms. The molecule has 0 amide bonds. The van der Waals surface area contributed by atoms with Crippen LogP contribution in [0.3, 0.4) is 0 Å². The van der Waals surface area contributed by atoms with Crippen LogP contribution in [0, 0.1) is 0 Å². The van der Waals surface area contributed by atoms with Gasteiger partial charge in [0.15, 0.2) is 0 Å². The molecule has 0 aliphatic rings. The molecule has 0 aliphatic heterocycles. The van der Waals surface area contributed by atoms with Crippen LogP contribution in [0.25, 0.3) is 0 Å². The second-order valence-electron chi connectivity index (χ2n) is 0.610. The van der Waals surface area contributed by atoms with Crippen molar-refractivity contribution in [3.05, 3.63) is 12.3 Å². The first-order chi connectivity index (χ1) is 2.81. The molecule has 6 heavy (non-hydrogen) atoms. The van der Waals surface area contributed by atoms with Crippen molar-refractivity contribution in [2.45, 2.75) is 0 Å². The molecule has 0 aromatic rings. The van der Waals surface area contributed by atoms with E-state index in [0.29, 0.717) is 0 Å². The van der Waals surface area contributed by atoms with E-state index in [1.165, 1.54) is 0 Å². The standard InChI is InChI=1S/C2H3ClOSi2/c1-2-6(3)4-5/h2H,1H2. The Labute approximate surface area is 46.9 Å². The van der Waals surface area contributed by atoms with Gasteiger partial charge in [0.25, 0.3) is 0 Å². The van der Waals surface area contributed by atoms with E-state index >= 15 is 0 Å². The lowest BCUT2D eigenvalue weighted by atomic mass is 11.3. The lowest BCUT2D eigenvalue weighted by Crippen LogP contribution is -2.01. The van der Waals surface area contributed by atoms with Crippen LogP contribution in [0.1, 0.15) is 0 Å². The van der Waals surface area contributed by atoms with Gasteiger partial charge in [0.1, 0.15) is 0 Å². The van der Waals surface area contributed by atoms with Gasteiger partial charge in [-0.15, -0.1) is 17.7 Å². The first-order valence-corrected chi connectivity index (χ1v) is 4.20. The summed E-state index contributed by atoms with van der Waals surface area (Å²) in [6.45, 7) is 3.39. The fraction of sp³-hybridized carbons (Fsp3) is 0. The van der Waals surface area contributed by atoms with Gasteiger partial charge in [-0.1, -0.05) is 5.70 Å². The molecule has 0 atom stereocenters. The molecule has 0 rings (SSSR count). The summed E-state index contributed by atoms with van der Waals surface area (Å²) in [6, 6.07) is 0. The van der Waals surface area contributed by atoms with Crippen LogP contribution in [0.5, 0.6) is 0 Å². The molecular formula is C2H3ClOSi2. The van der Waals surface area contributed by atoms with Crippen LogP contribution < -0.4 is 0 Å². The highest BCUT2D eigenvalue weighted by Gasteiger charge is 1.95. The van der Waals surface area contributed by atoms with Gasteiger partial charge >= 0.3 is 8.35 Å². The minimum absolute atomic E-state index is 1.22. The summed E-state index contributed by atoms with van der Waals surface area (Å²) in [5.41, 5.74) is 1.57. The van der Waals surface area contributed by atoms with Gasteiger partial charge in [-0.3, -0.25) is 0 Å². The van der Waals surface area contributed by atoms with Crippen LogP contribution in [-0.2, 0) is 4.12 Å². The summed E-state index contributed by atoms with van der Waals surface area (Å²) in [5, 5.41) is 0. The second-order valence-corrected chi connectivity index (χ2v) is 3.56. The number of halogens is 1. The van der Waals surface area contributed by atoms with Crippen LogP contribution in [0.4, 0.5) is 0 Å². The van der Waals surface area contributed by atoms with Crippen molar-refractivity contribution in [3.63, 3.8) is 0 Å². The SMILES string of the molecule is C=C[Si](Cl)O[Si]. The summed E-state index contributed by atoms with van der Waals surface area (Å²) < 4.78 is 4.45. The molecule has 0 saturated carbocycles. The molecule has 0 aliphatic carbocycles. The highest BCUT2D eigenvalue weighted by molar-refractivity contribution is 7.07. The Morgan fingerprint density at radius 2 is 2.50 bits per heavy atom. The van der Waals surface area contributed by atoms with Gasteiger partial charge in [0.05, 0.1) is 0 Å². The summed E-state index contributed by atoms with van der Waals surface area (Å²) in [7, 11) is 1.54. The highest BCUT2D eigenvalue weighted by Crippen LogP contribution is 1.86. The third-order valence-electron chi connectivity index (χ3n) is 0.258. The first-order valence-electron chi connectivity index (χ1n) is 1.29. The third-order valence-corrected chi connectivity index (χ3v) is 2.52. The van der Waals surface area contributed by atoms with E-state index in [1.54, 1.807) is 5.70 Å². The fourth-order valence-electron chi connectivity index (χ4n) is 0.0417. The van der Waals surface area contributed by atoms with Crippen molar-refractivity contribution < 1.29 is 4.12 Å². The van der Waals surface area contributed by atoms with Gasteiger partial charge in [-0.2, -0.15) is 0 Å². The summed E-state index contributed by atoms with van der Waals surface area (Å²) in [4.78, 5) is 0. The Hall–Kier alpha value is 0.424. The molecule has 0 aromatic heterocycles. The predicted molar refractivity (Wildman–Crippen MR) is 28.6 cm³/mol. The predicted octanol–water partition coefficient (Wildman–Crippen LogP) is 0.539. The fourth-order valence-corrected chi connectivity index (χ4v) is 0.375. The summed E-state index contributed by atoms with van der Waals surface area (Å²) in [6.07, 6.45) is 0. The van der Waals surface area contributed by atoms with E-state index in [9.17, 15) is 0 Å². The smallest absolute Gasteiger partial charge is 0.340 e. The molecule has 1 nitrogen and oxygen atoms in total. The van der Waals surface area contributed by atoms with Gasteiger partial charge in [-0.05, 0) is 0 Å². The van der Waals surface area contributed by atoms with E-state index in [1.807, 2.05) is 0 Å². The van der Waals surface area contributed by atoms with Gasteiger partial charge in [0, 0.05) is 0 Å². The van der Waals surface area contributed by atoms with Crippen molar-refractivity contribution in [2.75, 3.05) is 0 Å². The molecule has 32 valence electrons. The molecule has 0 bridgehead atoms. The maximum atomic E-state index is 5.36. The Morgan fingerprint density at radius 1 is 2.00 bits per heavy atom. The van der Waals surface area contributed by atoms with Crippen molar-refractivity contribution in [2.24, 2.45) is 0 Å². The molecule has 0 aromatic carbocycles. The summed E-state index contributed by atoms with van der Waals surface area (Å²) >= 11 is 5.36.